The van der Waals surface area contributed by atoms with Crippen molar-refractivity contribution in [3.63, 3.8) is 0 Å². The summed E-state index contributed by atoms with van der Waals surface area (Å²) in [5.74, 6) is 0.464. The van der Waals surface area contributed by atoms with E-state index in [9.17, 15) is 9.59 Å². The van der Waals surface area contributed by atoms with Gasteiger partial charge in [0.25, 0.3) is 5.91 Å². The number of carbonyl (C=O) groups is 2. The van der Waals surface area contributed by atoms with Crippen molar-refractivity contribution >= 4 is 22.8 Å². The number of esters is 1. The van der Waals surface area contributed by atoms with Gasteiger partial charge in [0.2, 0.25) is 0 Å². The van der Waals surface area contributed by atoms with Crippen molar-refractivity contribution in [2.24, 2.45) is 0 Å². The van der Waals surface area contributed by atoms with E-state index in [-0.39, 0.29) is 25.2 Å². The molecule has 2 aliphatic rings. The van der Waals surface area contributed by atoms with E-state index >= 15 is 0 Å². The third-order valence-corrected chi connectivity index (χ3v) is 5.76. The van der Waals surface area contributed by atoms with Gasteiger partial charge in [-0.25, -0.2) is 4.79 Å². The Hall–Kier alpha value is -3.48. The molecule has 1 aliphatic carbocycles. The van der Waals surface area contributed by atoms with Crippen molar-refractivity contribution in [3.05, 3.63) is 59.3 Å². The smallest absolute Gasteiger partial charge is 0.338 e. The zero-order valence-electron chi connectivity index (χ0n) is 17.1. The van der Waals surface area contributed by atoms with Crippen molar-refractivity contribution in [1.82, 2.24) is 10.3 Å². The topological polar surface area (TPSA) is 89.7 Å². The molecule has 1 amide bonds. The third kappa shape index (κ3) is 4.08. The normalized spacial score (nSPS) is 17.1. The van der Waals surface area contributed by atoms with Gasteiger partial charge in [-0.15, -0.1) is 0 Å². The summed E-state index contributed by atoms with van der Waals surface area (Å²) >= 11 is 0. The van der Waals surface area contributed by atoms with Crippen LogP contribution in [0.15, 0.2) is 42.5 Å². The molecule has 0 saturated heterocycles. The van der Waals surface area contributed by atoms with E-state index in [1.54, 1.807) is 6.07 Å². The predicted octanol–water partition coefficient (Wildman–Crippen LogP) is 3.16. The molecule has 0 unspecified atom stereocenters. The molecule has 3 aromatic rings. The molecule has 160 valence electrons. The van der Waals surface area contributed by atoms with Crippen LogP contribution in [0.25, 0.3) is 10.9 Å². The molecule has 0 bridgehead atoms. The maximum atomic E-state index is 12.5. The molecular weight excluding hydrogens is 396 g/mol. The number of hydrogen-bond acceptors (Lipinski definition) is 5. The Morgan fingerprint density at radius 1 is 1.10 bits per heavy atom. The average Bonchev–Trinajstić information content (AvgIpc) is 3.19. The van der Waals surface area contributed by atoms with Crippen LogP contribution in [0, 0.1) is 0 Å². The Morgan fingerprint density at radius 3 is 2.84 bits per heavy atom. The molecule has 0 fully saturated rings. The molecule has 2 aromatic carbocycles. The molecule has 1 atom stereocenters. The Bertz CT molecular complexity index is 1140. The number of carbonyl (C=O) groups excluding carboxylic acids is 2. The number of aromatic nitrogens is 1. The highest BCUT2D eigenvalue weighted by Crippen LogP contribution is 2.31. The van der Waals surface area contributed by atoms with E-state index in [4.69, 9.17) is 14.2 Å². The molecule has 5 rings (SSSR count). The average molecular weight is 420 g/mol. The first-order chi connectivity index (χ1) is 15.2. The summed E-state index contributed by atoms with van der Waals surface area (Å²) in [6.07, 6.45) is 4.13. The van der Waals surface area contributed by atoms with Crippen molar-refractivity contribution in [2.45, 2.75) is 31.8 Å². The van der Waals surface area contributed by atoms with Crippen LogP contribution in [0.4, 0.5) is 0 Å². The summed E-state index contributed by atoms with van der Waals surface area (Å²) in [5, 5.41) is 3.80. The molecule has 7 heteroatoms. The van der Waals surface area contributed by atoms with Gasteiger partial charge in [0, 0.05) is 16.6 Å². The highest BCUT2D eigenvalue weighted by Gasteiger charge is 2.22. The Labute approximate surface area is 179 Å². The van der Waals surface area contributed by atoms with Crippen LogP contribution in [0.2, 0.25) is 0 Å². The Morgan fingerprint density at radius 2 is 1.94 bits per heavy atom. The molecule has 0 radical (unpaired) electrons. The maximum absolute atomic E-state index is 12.5. The van der Waals surface area contributed by atoms with Gasteiger partial charge in [-0.3, -0.25) is 4.79 Å². The monoisotopic (exact) mass is 420 g/mol. The van der Waals surface area contributed by atoms with Crippen molar-refractivity contribution in [3.8, 4) is 11.5 Å². The maximum Gasteiger partial charge on any atom is 0.338 e. The number of aromatic amines is 1. The number of hydrogen-bond donors (Lipinski definition) is 2. The van der Waals surface area contributed by atoms with E-state index in [2.05, 4.69) is 10.3 Å². The highest BCUT2D eigenvalue weighted by atomic mass is 16.6. The summed E-state index contributed by atoms with van der Waals surface area (Å²) in [4.78, 5) is 28.1. The van der Waals surface area contributed by atoms with Gasteiger partial charge in [0.15, 0.2) is 18.1 Å². The first-order valence-corrected chi connectivity index (χ1v) is 10.6. The standard InChI is InChI=1S/C24H24N2O5/c27-23(25-12-16-13-29-21-7-3-4-8-22(21)31-16)14-30-24(28)15-9-10-20-18(11-15)17-5-1-2-6-19(17)26-20/h3-4,7-11,16,26H,1-2,5-6,12-14H2,(H,25,27)/t16-/m0/s1. The predicted molar refractivity (Wildman–Crippen MR) is 115 cm³/mol. The van der Waals surface area contributed by atoms with Gasteiger partial charge in [-0.1, -0.05) is 12.1 Å². The van der Waals surface area contributed by atoms with Crippen LogP contribution in [0.3, 0.4) is 0 Å². The van der Waals surface area contributed by atoms with E-state index in [0.717, 1.165) is 30.2 Å². The van der Waals surface area contributed by atoms with Gasteiger partial charge in [-0.05, 0) is 61.6 Å². The summed E-state index contributed by atoms with van der Waals surface area (Å²) < 4.78 is 16.7. The number of H-pyrrole nitrogens is 1. The van der Waals surface area contributed by atoms with Crippen molar-refractivity contribution in [1.29, 1.82) is 0 Å². The molecule has 7 nitrogen and oxygen atoms in total. The summed E-state index contributed by atoms with van der Waals surface area (Å²) in [6, 6.07) is 12.9. The number of benzene rings is 2. The highest BCUT2D eigenvalue weighted by molar-refractivity contribution is 5.97. The number of fused-ring (bicyclic) bond motifs is 4. The fraction of sp³-hybridized carbons (Fsp3) is 0.333. The molecule has 31 heavy (non-hydrogen) atoms. The van der Waals surface area contributed by atoms with Crippen molar-refractivity contribution < 1.29 is 23.8 Å². The molecule has 0 spiro atoms. The minimum absolute atomic E-state index is 0.270. The SMILES string of the molecule is O=C(COC(=O)c1ccc2[nH]c3c(c2c1)CCCC3)NC[C@H]1COc2ccccc2O1. The van der Waals surface area contributed by atoms with Gasteiger partial charge in [0.05, 0.1) is 12.1 Å². The lowest BCUT2D eigenvalue weighted by atomic mass is 9.95. The molecule has 0 saturated carbocycles. The van der Waals surface area contributed by atoms with Crippen LogP contribution >= 0.6 is 0 Å². The van der Waals surface area contributed by atoms with Gasteiger partial charge >= 0.3 is 5.97 Å². The van der Waals surface area contributed by atoms with Crippen LogP contribution in [0.5, 0.6) is 11.5 Å². The Kier molecular flexibility index (Phi) is 5.24. The summed E-state index contributed by atoms with van der Waals surface area (Å²) in [5.41, 5.74) is 4.05. The first kappa shape index (κ1) is 19.5. The second-order valence-electron chi connectivity index (χ2n) is 7.93. The number of amides is 1. The number of nitrogens with one attached hydrogen (secondary N) is 2. The second-order valence-corrected chi connectivity index (χ2v) is 7.93. The van der Waals surface area contributed by atoms with E-state index in [1.165, 1.54) is 17.7 Å². The van der Waals surface area contributed by atoms with E-state index in [1.807, 2.05) is 36.4 Å². The van der Waals surface area contributed by atoms with Crippen LogP contribution in [-0.4, -0.2) is 42.7 Å². The van der Waals surface area contributed by atoms with E-state index < -0.39 is 5.97 Å². The Balaban J connectivity index is 1.14. The lowest BCUT2D eigenvalue weighted by molar-refractivity contribution is -0.124. The zero-order valence-corrected chi connectivity index (χ0v) is 17.1. The minimum Gasteiger partial charge on any atom is -0.486 e. The van der Waals surface area contributed by atoms with E-state index in [0.29, 0.717) is 23.7 Å². The quantitative estimate of drug-likeness (QED) is 0.619. The van der Waals surface area contributed by atoms with Crippen LogP contribution in [-0.2, 0) is 22.4 Å². The lowest BCUT2D eigenvalue weighted by Gasteiger charge is -2.26. The summed E-state index contributed by atoms with van der Waals surface area (Å²) in [6.45, 7) is 0.274. The van der Waals surface area contributed by atoms with Crippen LogP contribution < -0.4 is 14.8 Å². The molecule has 1 aliphatic heterocycles. The number of ether oxygens (including phenoxy) is 3. The third-order valence-electron chi connectivity index (χ3n) is 5.76. The number of aryl methyl sites for hydroxylation is 2. The number of rotatable bonds is 5. The lowest BCUT2D eigenvalue weighted by Crippen LogP contribution is -2.42. The molecule has 1 aromatic heterocycles. The molecule has 2 heterocycles. The van der Waals surface area contributed by atoms with Gasteiger partial charge in [0.1, 0.15) is 12.7 Å². The minimum atomic E-state index is -0.506. The first-order valence-electron chi connectivity index (χ1n) is 10.6. The fourth-order valence-electron chi connectivity index (χ4n) is 4.19. The molecule has 2 N–H and O–H groups in total. The van der Waals surface area contributed by atoms with Gasteiger partial charge < -0.3 is 24.5 Å². The zero-order chi connectivity index (χ0) is 21.2. The number of para-hydroxylation sites is 2. The van der Waals surface area contributed by atoms with Crippen LogP contribution in [0.1, 0.15) is 34.5 Å². The summed E-state index contributed by atoms with van der Waals surface area (Å²) in [7, 11) is 0. The van der Waals surface area contributed by atoms with Crippen molar-refractivity contribution in [2.75, 3.05) is 19.8 Å². The fourth-order valence-corrected chi connectivity index (χ4v) is 4.19. The second kappa shape index (κ2) is 8.34. The van der Waals surface area contributed by atoms with Gasteiger partial charge in [-0.2, -0.15) is 0 Å². The molecular formula is C24H24N2O5. The largest absolute Gasteiger partial charge is 0.486 e.